The van der Waals surface area contributed by atoms with Crippen LogP contribution in [0.25, 0.3) is 0 Å². The van der Waals surface area contributed by atoms with Gasteiger partial charge in [0.1, 0.15) is 0 Å². The molecule has 0 saturated carbocycles. The Bertz CT molecular complexity index is 410. The fraction of sp³-hybridized carbons (Fsp3) is 0.615. The van der Waals surface area contributed by atoms with E-state index >= 15 is 0 Å². The second kappa shape index (κ2) is 7.56. The first-order chi connectivity index (χ1) is 9.04. The summed E-state index contributed by atoms with van der Waals surface area (Å²) in [4.78, 5) is 21.0. The summed E-state index contributed by atoms with van der Waals surface area (Å²) in [5.41, 5.74) is 0. The average molecular weight is 267 g/mol. The topological polar surface area (TPSA) is 75.5 Å². The van der Waals surface area contributed by atoms with Crippen molar-refractivity contribution in [2.24, 2.45) is 0 Å². The monoisotopic (exact) mass is 267 g/mol. The maximum atomic E-state index is 10.7. The van der Waals surface area contributed by atoms with E-state index in [2.05, 4.69) is 9.97 Å². The maximum absolute atomic E-state index is 10.7. The SMILES string of the molecule is CCCOc1ccnc(N(CCC(=O)O)C(C)C)n1. The van der Waals surface area contributed by atoms with Crippen molar-refractivity contribution in [1.29, 1.82) is 0 Å². The lowest BCUT2D eigenvalue weighted by Gasteiger charge is -2.26. The molecule has 0 aliphatic rings. The van der Waals surface area contributed by atoms with Gasteiger partial charge in [-0.05, 0) is 20.3 Å². The summed E-state index contributed by atoms with van der Waals surface area (Å²) < 4.78 is 5.46. The van der Waals surface area contributed by atoms with Crippen molar-refractivity contribution in [3.63, 3.8) is 0 Å². The van der Waals surface area contributed by atoms with Gasteiger partial charge in [-0.25, -0.2) is 4.98 Å². The number of rotatable bonds is 8. The van der Waals surface area contributed by atoms with Crippen molar-refractivity contribution in [3.05, 3.63) is 12.3 Å². The minimum absolute atomic E-state index is 0.0571. The zero-order valence-electron chi connectivity index (χ0n) is 11.7. The third-order valence-corrected chi connectivity index (χ3v) is 2.52. The summed E-state index contributed by atoms with van der Waals surface area (Å²) in [5.74, 6) is 0.196. The molecule has 106 valence electrons. The molecule has 1 rings (SSSR count). The van der Waals surface area contributed by atoms with Crippen LogP contribution in [-0.4, -0.2) is 40.2 Å². The Morgan fingerprint density at radius 1 is 1.53 bits per heavy atom. The van der Waals surface area contributed by atoms with Crippen molar-refractivity contribution < 1.29 is 14.6 Å². The molecule has 0 fully saturated rings. The van der Waals surface area contributed by atoms with Gasteiger partial charge in [0.05, 0.1) is 13.0 Å². The van der Waals surface area contributed by atoms with E-state index in [4.69, 9.17) is 9.84 Å². The number of hydrogen-bond donors (Lipinski definition) is 1. The van der Waals surface area contributed by atoms with E-state index in [0.717, 1.165) is 6.42 Å². The fourth-order valence-electron chi connectivity index (χ4n) is 1.56. The molecule has 1 aromatic rings. The zero-order chi connectivity index (χ0) is 14.3. The minimum atomic E-state index is -0.830. The standard InChI is InChI=1S/C13H21N3O3/c1-4-9-19-11-5-7-14-13(15-11)16(10(2)3)8-6-12(17)18/h5,7,10H,4,6,8-9H2,1-3H3,(H,17,18). The Kier molecular flexibility index (Phi) is 6.05. The van der Waals surface area contributed by atoms with Crippen LogP contribution >= 0.6 is 0 Å². The quantitative estimate of drug-likeness (QED) is 0.776. The van der Waals surface area contributed by atoms with Gasteiger partial charge in [0.2, 0.25) is 11.8 Å². The van der Waals surface area contributed by atoms with Crippen LogP contribution in [0.15, 0.2) is 12.3 Å². The Morgan fingerprint density at radius 3 is 2.84 bits per heavy atom. The molecule has 0 atom stereocenters. The molecule has 0 spiro atoms. The molecule has 0 radical (unpaired) electrons. The first kappa shape index (κ1) is 15.2. The van der Waals surface area contributed by atoms with E-state index < -0.39 is 5.97 Å². The Labute approximate surface area is 113 Å². The average Bonchev–Trinajstić information content (AvgIpc) is 2.36. The van der Waals surface area contributed by atoms with Crippen LogP contribution in [0.4, 0.5) is 5.95 Å². The van der Waals surface area contributed by atoms with Gasteiger partial charge in [0.15, 0.2) is 0 Å². The van der Waals surface area contributed by atoms with E-state index in [1.807, 2.05) is 25.7 Å². The van der Waals surface area contributed by atoms with E-state index in [1.165, 1.54) is 0 Å². The second-order valence-electron chi connectivity index (χ2n) is 4.47. The van der Waals surface area contributed by atoms with E-state index in [-0.39, 0.29) is 12.5 Å². The normalized spacial score (nSPS) is 10.5. The van der Waals surface area contributed by atoms with Crippen LogP contribution in [0.2, 0.25) is 0 Å². The highest BCUT2D eigenvalue weighted by atomic mass is 16.5. The van der Waals surface area contributed by atoms with E-state index in [9.17, 15) is 4.79 Å². The first-order valence-corrected chi connectivity index (χ1v) is 6.48. The van der Waals surface area contributed by atoms with Crippen molar-refractivity contribution >= 4 is 11.9 Å². The van der Waals surface area contributed by atoms with Gasteiger partial charge < -0.3 is 14.7 Å². The molecule has 0 bridgehead atoms. The molecule has 0 aliphatic heterocycles. The Balaban J connectivity index is 2.80. The smallest absolute Gasteiger partial charge is 0.305 e. The Morgan fingerprint density at radius 2 is 2.26 bits per heavy atom. The van der Waals surface area contributed by atoms with Crippen molar-refractivity contribution in [3.8, 4) is 5.88 Å². The summed E-state index contributed by atoms with van der Waals surface area (Å²) >= 11 is 0. The van der Waals surface area contributed by atoms with Crippen molar-refractivity contribution in [1.82, 2.24) is 9.97 Å². The molecule has 19 heavy (non-hydrogen) atoms. The molecule has 0 aromatic carbocycles. The fourth-order valence-corrected chi connectivity index (χ4v) is 1.56. The van der Waals surface area contributed by atoms with Crippen LogP contribution in [0.1, 0.15) is 33.6 Å². The van der Waals surface area contributed by atoms with Gasteiger partial charge >= 0.3 is 5.97 Å². The number of carbonyl (C=O) groups is 1. The number of hydrogen-bond acceptors (Lipinski definition) is 5. The third-order valence-electron chi connectivity index (χ3n) is 2.52. The molecular weight excluding hydrogens is 246 g/mol. The number of aliphatic carboxylic acids is 1. The van der Waals surface area contributed by atoms with Crippen molar-refractivity contribution in [2.45, 2.75) is 39.7 Å². The summed E-state index contributed by atoms with van der Waals surface area (Å²) in [5, 5.41) is 8.77. The molecule has 0 aliphatic carbocycles. The number of carboxylic acids is 1. The highest BCUT2D eigenvalue weighted by Crippen LogP contribution is 2.15. The summed E-state index contributed by atoms with van der Waals surface area (Å²) in [6.07, 6.45) is 2.59. The van der Waals surface area contributed by atoms with Gasteiger partial charge in [-0.2, -0.15) is 4.98 Å². The van der Waals surface area contributed by atoms with Crippen LogP contribution in [0.5, 0.6) is 5.88 Å². The highest BCUT2D eigenvalue weighted by molar-refractivity contribution is 5.67. The largest absolute Gasteiger partial charge is 0.481 e. The summed E-state index contributed by atoms with van der Waals surface area (Å²) in [6.45, 7) is 6.96. The van der Waals surface area contributed by atoms with Crippen LogP contribution in [-0.2, 0) is 4.79 Å². The van der Waals surface area contributed by atoms with Gasteiger partial charge in [-0.15, -0.1) is 0 Å². The van der Waals surface area contributed by atoms with Gasteiger partial charge in [0.25, 0.3) is 0 Å². The molecule has 1 N–H and O–H groups in total. The number of aromatic nitrogens is 2. The second-order valence-corrected chi connectivity index (χ2v) is 4.47. The molecule has 6 heteroatoms. The first-order valence-electron chi connectivity index (χ1n) is 6.48. The van der Waals surface area contributed by atoms with E-state index in [0.29, 0.717) is 25.0 Å². The molecule has 1 heterocycles. The predicted octanol–water partition coefficient (Wildman–Crippen LogP) is 1.95. The molecule has 1 aromatic heterocycles. The highest BCUT2D eigenvalue weighted by Gasteiger charge is 2.15. The predicted molar refractivity (Wildman–Crippen MR) is 72.6 cm³/mol. The van der Waals surface area contributed by atoms with Crippen LogP contribution in [0, 0.1) is 0 Å². The van der Waals surface area contributed by atoms with Crippen molar-refractivity contribution in [2.75, 3.05) is 18.1 Å². The number of anilines is 1. The summed E-state index contributed by atoms with van der Waals surface area (Å²) in [7, 11) is 0. The molecular formula is C13H21N3O3. The lowest BCUT2D eigenvalue weighted by atomic mass is 10.3. The van der Waals surface area contributed by atoms with Gasteiger partial charge in [-0.3, -0.25) is 4.79 Å². The summed E-state index contributed by atoms with van der Waals surface area (Å²) in [6, 6.07) is 1.83. The van der Waals surface area contributed by atoms with Gasteiger partial charge in [-0.1, -0.05) is 6.92 Å². The molecule has 0 saturated heterocycles. The number of carboxylic acid groups (broad SMARTS) is 1. The van der Waals surface area contributed by atoms with E-state index in [1.54, 1.807) is 12.3 Å². The molecule has 0 unspecified atom stereocenters. The zero-order valence-corrected chi connectivity index (χ0v) is 11.7. The number of ether oxygens (including phenoxy) is 1. The van der Waals surface area contributed by atoms with Crippen LogP contribution < -0.4 is 9.64 Å². The minimum Gasteiger partial charge on any atom is -0.481 e. The number of nitrogens with zero attached hydrogens (tertiary/aromatic N) is 3. The lowest BCUT2D eigenvalue weighted by molar-refractivity contribution is -0.136. The van der Waals surface area contributed by atoms with Crippen LogP contribution in [0.3, 0.4) is 0 Å². The maximum Gasteiger partial charge on any atom is 0.305 e. The molecule has 0 amide bonds. The third kappa shape index (κ3) is 5.11. The lowest BCUT2D eigenvalue weighted by Crippen LogP contribution is -2.34. The van der Waals surface area contributed by atoms with Gasteiger partial charge in [0, 0.05) is 24.8 Å². The Hall–Kier alpha value is -1.85. The molecule has 6 nitrogen and oxygen atoms in total.